The third-order valence-corrected chi connectivity index (χ3v) is 4.68. The Hall–Kier alpha value is -1.80. The lowest BCUT2D eigenvalue weighted by Crippen LogP contribution is -2.45. The molecular weight excluding hydrogens is 432 g/mol. The normalized spacial score (nSPS) is 16.7. The van der Waals surface area contributed by atoms with Gasteiger partial charge in [-0.2, -0.15) is 0 Å². The minimum atomic E-state index is -0.463. The summed E-state index contributed by atoms with van der Waals surface area (Å²) in [6, 6.07) is 3.28. The molecule has 27 heavy (non-hydrogen) atoms. The van der Waals surface area contributed by atoms with E-state index in [0.717, 1.165) is 16.5 Å². The van der Waals surface area contributed by atoms with E-state index in [2.05, 4.69) is 26.6 Å². The summed E-state index contributed by atoms with van der Waals surface area (Å²) in [7, 11) is 1.58. The van der Waals surface area contributed by atoms with E-state index in [4.69, 9.17) is 26.4 Å². The summed E-state index contributed by atoms with van der Waals surface area (Å²) in [5.41, 5.74) is 1.95. The van der Waals surface area contributed by atoms with Gasteiger partial charge in [0.05, 0.1) is 35.9 Å². The number of thiocarbonyl (C=S) groups is 1. The predicted octanol–water partition coefficient (Wildman–Crippen LogP) is 3.99. The van der Waals surface area contributed by atoms with E-state index >= 15 is 0 Å². The molecule has 1 aliphatic rings. The second-order valence-corrected chi connectivity index (χ2v) is 7.67. The molecule has 1 aromatic rings. The van der Waals surface area contributed by atoms with Gasteiger partial charge in [0.1, 0.15) is 0 Å². The van der Waals surface area contributed by atoms with Crippen LogP contribution in [0.25, 0.3) is 0 Å². The van der Waals surface area contributed by atoms with Gasteiger partial charge in [0.15, 0.2) is 16.6 Å². The zero-order chi connectivity index (χ0) is 20.1. The molecule has 0 unspecified atom stereocenters. The zero-order valence-corrected chi connectivity index (χ0v) is 18.5. The van der Waals surface area contributed by atoms with Crippen molar-refractivity contribution in [3.63, 3.8) is 0 Å². The maximum absolute atomic E-state index is 12.7. The van der Waals surface area contributed by atoms with Crippen LogP contribution in [0, 0.1) is 0 Å². The standard InChI is InChI=1S/C19H25BrN2O4S/c1-6-7-25-17-13(20)8-12(9-14(17)24-5)16-15(18(23)26-10(2)3)11(4)21-19(27)22-16/h8-10,16H,6-7H2,1-5H3,(H2,21,22,27)/t16-/m1/s1. The van der Waals surface area contributed by atoms with Crippen LogP contribution < -0.4 is 20.1 Å². The average Bonchev–Trinajstić information content (AvgIpc) is 2.58. The van der Waals surface area contributed by atoms with Crippen molar-refractivity contribution < 1.29 is 19.0 Å². The number of hydrogen-bond acceptors (Lipinski definition) is 5. The predicted molar refractivity (Wildman–Crippen MR) is 112 cm³/mol. The van der Waals surface area contributed by atoms with Crippen molar-refractivity contribution in [1.82, 2.24) is 10.6 Å². The van der Waals surface area contributed by atoms with Gasteiger partial charge in [0.25, 0.3) is 0 Å². The maximum atomic E-state index is 12.7. The van der Waals surface area contributed by atoms with Crippen LogP contribution in [0.2, 0.25) is 0 Å². The van der Waals surface area contributed by atoms with Crippen LogP contribution in [0.15, 0.2) is 27.9 Å². The molecule has 1 heterocycles. The minimum absolute atomic E-state index is 0.224. The molecule has 8 heteroatoms. The van der Waals surface area contributed by atoms with Gasteiger partial charge < -0.3 is 24.8 Å². The molecule has 0 radical (unpaired) electrons. The number of esters is 1. The van der Waals surface area contributed by atoms with Crippen molar-refractivity contribution in [2.24, 2.45) is 0 Å². The number of halogens is 1. The molecule has 1 aromatic carbocycles. The van der Waals surface area contributed by atoms with Crippen LogP contribution >= 0.6 is 28.1 Å². The van der Waals surface area contributed by atoms with Crippen molar-refractivity contribution in [1.29, 1.82) is 0 Å². The van der Waals surface area contributed by atoms with Crippen LogP contribution in [-0.2, 0) is 9.53 Å². The largest absolute Gasteiger partial charge is 0.493 e. The quantitative estimate of drug-likeness (QED) is 0.474. The molecule has 2 N–H and O–H groups in total. The van der Waals surface area contributed by atoms with Crippen molar-refractivity contribution in [2.45, 2.75) is 46.3 Å². The van der Waals surface area contributed by atoms with Crippen molar-refractivity contribution in [3.8, 4) is 11.5 Å². The Kier molecular flexibility index (Phi) is 7.49. The number of methoxy groups -OCH3 is 1. The summed E-state index contributed by atoms with van der Waals surface area (Å²) in [6.45, 7) is 8.05. The highest BCUT2D eigenvalue weighted by Crippen LogP contribution is 2.40. The minimum Gasteiger partial charge on any atom is -0.493 e. The molecule has 0 spiro atoms. The van der Waals surface area contributed by atoms with E-state index < -0.39 is 12.0 Å². The van der Waals surface area contributed by atoms with Crippen molar-refractivity contribution in [3.05, 3.63) is 33.4 Å². The first-order chi connectivity index (χ1) is 12.8. The fourth-order valence-electron chi connectivity index (χ4n) is 2.74. The SMILES string of the molecule is CCCOc1c(Br)cc([C@H]2NC(=S)NC(C)=C2C(=O)OC(C)C)cc1OC. The number of benzene rings is 1. The van der Waals surface area contributed by atoms with Gasteiger partial charge in [-0.15, -0.1) is 0 Å². The lowest BCUT2D eigenvalue weighted by molar-refractivity contribution is -0.143. The molecule has 1 atom stereocenters. The van der Waals surface area contributed by atoms with Crippen LogP contribution in [0.1, 0.15) is 45.7 Å². The Morgan fingerprint density at radius 3 is 2.67 bits per heavy atom. The van der Waals surface area contributed by atoms with Crippen molar-refractivity contribution in [2.75, 3.05) is 13.7 Å². The summed E-state index contributed by atoms with van der Waals surface area (Å²) >= 11 is 8.84. The first-order valence-electron chi connectivity index (χ1n) is 8.77. The smallest absolute Gasteiger partial charge is 0.338 e. The fourth-order valence-corrected chi connectivity index (χ4v) is 3.59. The number of hydrogen-bond donors (Lipinski definition) is 2. The third-order valence-electron chi connectivity index (χ3n) is 3.87. The van der Waals surface area contributed by atoms with Gasteiger partial charge in [0.2, 0.25) is 0 Å². The van der Waals surface area contributed by atoms with E-state index in [1.54, 1.807) is 7.11 Å². The molecule has 0 aromatic heterocycles. The monoisotopic (exact) mass is 456 g/mol. The van der Waals surface area contributed by atoms with E-state index in [1.165, 1.54) is 0 Å². The highest BCUT2D eigenvalue weighted by atomic mass is 79.9. The number of nitrogens with one attached hydrogen (secondary N) is 2. The van der Waals surface area contributed by atoms with E-state index in [-0.39, 0.29) is 6.10 Å². The highest BCUT2D eigenvalue weighted by molar-refractivity contribution is 9.10. The molecule has 148 valence electrons. The summed E-state index contributed by atoms with van der Waals surface area (Å²) in [4.78, 5) is 12.7. The van der Waals surface area contributed by atoms with Crippen LogP contribution in [0.4, 0.5) is 0 Å². The number of carbonyl (C=O) groups excluding carboxylic acids is 1. The molecule has 0 amide bonds. The topological polar surface area (TPSA) is 68.8 Å². The Balaban J connectivity index is 2.49. The summed E-state index contributed by atoms with van der Waals surface area (Å²) in [5, 5.41) is 6.59. The fraction of sp³-hybridized carbons (Fsp3) is 0.474. The second-order valence-electron chi connectivity index (χ2n) is 6.41. The van der Waals surface area contributed by atoms with Crippen LogP contribution in [0.5, 0.6) is 11.5 Å². The number of rotatable bonds is 7. The number of ether oxygens (including phenoxy) is 3. The maximum Gasteiger partial charge on any atom is 0.338 e. The van der Waals surface area contributed by atoms with Gasteiger partial charge in [-0.05, 0) is 73.0 Å². The summed E-state index contributed by atoms with van der Waals surface area (Å²) in [6.07, 6.45) is 0.660. The Morgan fingerprint density at radius 2 is 2.07 bits per heavy atom. The molecule has 0 aliphatic carbocycles. The Bertz CT molecular complexity index is 764. The number of allylic oxidation sites excluding steroid dienone is 1. The Morgan fingerprint density at radius 1 is 1.37 bits per heavy atom. The molecule has 0 bridgehead atoms. The summed E-state index contributed by atoms with van der Waals surface area (Å²) in [5.74, 6) is 0.816. The van der Waals surface area contributed by atoms with E-state index in [0.29, 0.717) is 34.5 Å². The molecule has 2 rings (SSSR count). The van der Waals surface area contributed by atoms with Gasteiger partial charge in [-0.1, -0.05) is 6.92 Å². The first-order valence-corrected chi connectivity index (χ1v) is 9.98. The molecule has 6 nitrogen and oxygen atoms in total. The highest BCUT2D eigenvalue weighted by Gasteiger charge is 2.32. The van der Waals surface area contributed by atoms with Gasteiger partial charge in [0, 0.05) is 5.70 Å². The molecule has 1 aliphatic heterocycles. The average molecular weight is 457 g/mol. The molecule has 0 saturated heterocycles. The van der Waals surface area contributed by atoms with Crippen LogP contribution in [-0.4, -0.2) is 30.9 Å². The Labute approximate surface area is 173 Å². The van der Waals surface area contributed by atoms with Gasteiger partial charge >= 0.3 is 5.97 Å². The van der Waals surface area contributed by atoms with Crippen molar-refractivity contribution >= 4 is 39.2 Å². The lowest BCUT2D eigenvalue weighted by atomic mass is 9.95. The third kappa shape index (κ3) is 5.13. The van der Waals surface area contributed by atoms with Crippen LogP contribution in [0.3, 0.4) is 0 Å². The first kappa shape index (κ1) is 21.5. The summed E-state index contributed by atoms with van der Waals surface area (Å²) < 4.78 is 17.5. The van der Waals surface area contributed by atoms with E-state index in [9.17, 15) is 4.79 Å². The molecule has 0 saturated carbocycles. The van der Waals surface area contributed by atoms with E-state index in [1.807, 2.05) is 39.8 Å². The van der Waals surface area contributed by atoms with Gasteiger partial charge in [-0.25, -0.2) is 4.79 Å². The number of carbonyl (C=O) groups is 1. The lowest BCUT2D eigenvalue weighted by Gasteiger charge is -2.30. The molecular formula is C19H25BrN2O4S. The zero-order valence-electron chi connectivity index (χ0n) is 16.1. The molecule has 0 fully saturated rings. The second kappa shape index (κ2) is 9.41. The van der Waals surface area contributed by atoms with Gasteiger partial charge in [-0.3, -0.25) is 0 Å².